The molecule has 6 nitrogen and oxygen atoms in total. The SMILES string of the molecule is COc1ccc(-c2cnc3n2C[C@@H]2CN(Cc4ccc5c(c4)OCO5)C[C@H]2C3)cc1. The van der Waals surface area contributed by atoms with E-state index in [0.29, 0.717) is 18.6 Å². The second-order valence-corrected chi connectivity index (χ2v) is 8.50. The Morgan fingerprint density at radius 3 is 2.70 bits per heavy atom. The molecular weight excluding hydrogens is 378 g/mol. The van der Waals surface area contributed by atoms with E-state index in [9.17, 15) is 0 Å². The molecule has 3 aromatic rings. The minimum atomic E-state index is 0.328. The topological polar surface area (TPSA) is 48.8 Å². The van der Waals surface area contributed by atoms with Crippen molar-refractivity contribution in [3.8, 4) is 28.5 Å². The summed E-state index contributed by atoms with van der Waals surface area (Å²) in [6, 6.07) is 14.6. The molecule has 0 saturated carbocycles. The third kappa shape index (κ3) is 3.03. The third-order valence-electron chi connectivity index (χ3n) is 6.68. The van der Waals surface area contributed by atoms with Crippen LogP contribution in [0.5, 0.6) is 17.2 Å². The largest absolute Gasteiger partial charge is 0.497 e. The van der Waals surface area contributed by atoms with Crippen LogP contribution < -0.4 is 14.2 Å². The van der Waals surface area contributed by atoms with E-state index in [0.717, 1.165) is 49.8 Å². The summed E-state index contributed by atoms with van der Waals surface area (Å²) in [6.07, 6.45) is 3.08. The van der Waals surface area contributed by atoms with E-state index in [4.69, 9.17) is 19.2 Å². The zero-order valence-corrected chi connectivity index (χ0v) is 17.1. The van der Waals surface area contributed by atoms with Gasteiger partial charge in [0.25, 0.3) is 0 Å². The molecule has 2 atom stereocenters. The number of imidazole rings is 1. The van der Waals surface area contributed by atoms with Gasteiger partial charge in [-0.2, -0.15) is 0 Å². The first-order chi connectivity index (χ1) is 14.8. The first-order valence-electron chi connectivity index (χ1n) is 10.6. The molecule has 6 heteroatoms. The minimum absolute atomic E-state index is 0.328. The molecule has 0 aliphatic carbocycles. The second kappa shape index (κ2) is 7.06. The van der Waals surface area contributed by atoms with Crippen LogP contribution in [0.1, 0.15) is 11.4 Å². The van der Waals surface area contributed by atoms with Gasteiger partial charge in [-0.1, -0.05) is 6.07 Å². The van der Waals surface area contributed by atoms with Crippen LogP contribution in [0.4, 0.5) is 0 Å². The standard InChI is InChI=1S/C24H25N3O3/c1-28-20-5-3-17(4-6-20)21-10-25-24-9-18-12-26(13-19(18)14-27(21)24)11-16-2-7-22-23(8-16)30-15-29-22/h2-8,10,18-19H,9,11-15H2,1H3/t18-,19+/m1/s1. The van der Waals surface area contributed by atoms with Crippen LogP contribution in [-0.2, 0) is 19.5 Å². The minimum Gasteiger partial charge on any atom is -0.497 e. The van der Waals surface area contributed by atoms with Gasteiger partial charge in [0.2, 0.25) is 6.79 Å². The molecular formula is C24H25N3O3. The monoisotopic (exact) mass is 403 g/mol. The summed E-state index contributed by atoms with van der Waals surface area (Å²) in [5.74, 6) is 5.16. The van der Waals surface area contributed by atoms with Crippen molar-refractivity contribution in [3.05, 3.63) is 60.0 Å². The van der Waals surface area contributed by atoms with E-state index < -0.39 is 0 Å². The summed E-state index contributed by atoms with van der Waals surface area (Å²) in [4.78, 5) is 7.34. The maximum Gasteiger partial charge on any atom is 0.231 e. The highest BCUT2D eigenvalue weighted by molar-refractivity contribution is 5.60. The lowest BCUT2D eigenvalue weighted by atomic mass is 9.89. The zero-order valence-electron chi connectivity index (χ0n) is 17.1. The molecule has 0 spiro atoms. The van der Waals surface area contributed by atoms with Gasteiger partial charge in [0.15, 0.2) is 11.5 Å². The van der Waals surface area contributed by atoms with Crippen LogP contribution in [0, 0.1) is 11.8 Å². The Bertz CT molecular complexity index is 1080. The third-order valence-corrected chi connectivity index (χ3v) is 6.68. The number of benzene rings is 2. The summed E-state index contributed by atoms with van der Waals surface area (Å²) in [5.41, 5.74) is 3.69. The van der Waals surface area contributed by atoms with E-state index in [1.54, 1.807) is 7.11 Å². The van der Waals surface area contributed by atoms with Gasteiger partial charge in [0.05, 0.1) is 19.0 Å². The molecule has 0 unspecified atom stereocenters. The Morgan fingerprint density at radius 2 is 1.83 bits per heavy atom. The first-order valence-corrected chi connectivity index (χ1v) is 10.6. The highest BCUT2D eigenvalue weighted by atomic mass is 16.7. The molecule has 3 aliphatic rings. The Morgan fingerprint density at radius 1 is 1.00 bits per heavy atom. The molecule has 1 aromatic heterocycles. The summed E-state index contributed by atoms with van der Waals surface area (Å²) in [7, 11) is 1.70. The Labute approximate surface area is 176 Å². The van der Waals surface area contributed by atoms with Crippen molar-refractivity contribution in [2.24, 2.45) is 11.8 Å². The summed E-state index contributed by atoms with van der Waals surface area (Å²) < 4.78 is 18.7. The van der Waals surface area contributed by atoms with Crippen molar-refractivity contribution in [1.29, 1.82) is 0 Å². The van der Waals surface area contributed by atoms with E-state index in [1.165, 1.54) is 22.6 Å². The second-order valence-electron chi connectivity index (χ2n) is 8.50. The van der Waals surface area contributed by atoms with Crippen molar-refractivity contribution in [2.75, 3.05) is 27.0 Å². The molecule has 0 amide bonds. The number of hydrogen-bond acceptors (Lipinski definition) is 5. The zero-order chi connectivity index (χ0) is 20.1. The molecule has 2 aromatic carbocycles. The fraction of sp³-hybridized carbons (Fsp3) is 0.375. The predicted octanol–water partition coefficient (Wildman–Crippen LogP) is 3.59. The number of hydrogen-bond donors (Lipinski definition) is 0. The first kappa shape index (κ1) is 17.8. The van der Waals surface area contributed by atoms with Gasteiger partial charge in [0, 0.05) is 38.2 Å². The predicted molar refractivity (Wildman–Crippen MR) is 113 cm³/mol. The average Bonchev–Trinajstić information content (AvgIpc) is 3.49. The van der Waals surface area contributed by atoms with Gasteiger partial charge in [-0.3, -0.25) is 4.90 Å². The molecule has 6 rings (SSSR count). The lowest BCUT2D eigenvalue weighted by molar-refractivity contribution is 0.174. The molecule has 0 radical (unpaired) electrons. The van der Waals surface area contributed by atoms with Crippen molar-refractivity contribution in [3.63, 3.8) is 0 Å². The molecule has 0 bridgehead atoms. The highest BCUT2D eigenvalue weighted by Gasteiger charge is 2.38. The van der Waals surface area contributed by atoms with Crippen molar-refractivity contribution < 1.29 is 14.2 Å². The van der Waals surface area contributed by atoms with E-state index in [2.05, 4.69) is 33.7 Å². The molecule has 154 valence electrons. The lowest BCUT2D eigenvalue weighted by Crippen LogP contribution is -2.28. The molecule has 1 fully saturated rings. The normalized spacial score (nSPS) is 22.0. The van der Waals surface area contributed by atoms with Crippen molar-refractivity contribution in [2.45, 2.75) is 19.5 Å². The van der Waals surface area contributed by atoms with Gasteiger partial charge < -0.3 is 18.8 Å². The fourth-order valence-corrected chi connectivity index (χ4v) is 5.14. The average molecular weight is 403 g/mol. The van der Waals surface area contributed by atoms with Crippen LogP contribution in [0.2, 0.25) is 0 Å². The summed E-state index contributed by atoms with van der Waals surface area (Å²) in [5, 5.41) is 0. The lowest BCUT2D eigenvalue weighted by Gasteiger charge is -2.27. The Balaban J connectivity index is 1.18. The molecule has 30 heavy (non-hydrogen) atoms. The Hall–Kier alpha value is -2.99. The molecule has 1 saturated heterocycles. The van der Waals surface area contributed by atoms with Crippen LogP contribution in [0.3, 0.4) is 0 Å². The number of fused-ring (bicyclic) bond motifs is 3. The smallest absolute Gasteiger partial charge is 0.231 e. The van der Waals surface area contributed by atoms with Gasteiger partial charge >= 0.3 is 0 Å². The van der Waals surface area contributed by atoms with Crippen LogP contribution >= 0.6 is 0 Å². The number of nitrogens with zero attached hydrogens (tertiary/aromatic N) is 3. The number of ether oxygens (including phenoxy) is 3. The number of rotatable bonds is 4. The van der Waals surface area contributed by atoms with Gasteiger partial charge in [-0.15, -0.1) is 0 Å². The van der Waals surface area contributed by atoms with Crippen LogP contribution in [0.25, 0.3) is 11.3 Å². The molecule has 0 N–H and O–H groups in total. The van der Waals surface area contributed by atoms with E-state index in [-0.39, 0.29) is 0 Å². The van der Waals surface area contributed by atoms with Crippen LogP contribution in [-0.4, -0.2) is 41.4 Å². The van der Waals surface area contributed by atoms with Crippen molar-refractivity contribution in [1.82, 2.24) is 14.5 Å². The number of aromatic nitrogens is 2. The van der Waals surface area contributed by atoms with Crippen molar-refractivity contribution >= 4 is 0 Å². The quantitative estimate of drug-likeness (QED) is 0.666. The van der Waals surface area contributed by atoms with E-state index >= 15 is 0 Å². The van der Waals surface area contributed by atoms with E-state index in [1.807, 2.05) is 24.4 Å². The van der Waals surface area contributed by atoms with Crippen LogP contribution in [0.15, 0.2) is 48.7 Å². The van der Waals surface area contributed by atoms with Gasteiger partial charge in [-0.25, -0.2) is 4.98 Å². The molecule has 3 aliphatic heterocycles. The summed E-state index contributed by atoms with van der Waals surface area (Å²) >= 11 is 0. The maximum absolute atomic E-state index is 5.54. The van der Waals surface area contributed by atoms with Gasteiger partial charge in [0.1, 0.15) is 11.6 Å². The Kier molecular flexibility index (Phi) is 4.20. The number of methoxy groups -OCH3 is 1. The fourth-order valence-electron chi connectivity index (χ4n) is 5.14. The number of likely N-dealkylation sites (tertiary alicyclic amines) is 1. The molecule has 4 heterocycles. The highest BCUT2D eigenvalue weighted by Crippen LogP contribution is 2.37. The van der Waals surface area contributed by atoms with Gasteiger partial charge in [-0.05, 0) is 53.8 Å². The summed E-state index contributed by atoms with van der Waals surface area (Å²) in [6.45, 7) is 4.58. The maximum atomic E-state index is 5.54.